The van der Waals surface area contributed by atoms with Crippen molar-refractivity contribution in [3.05, 3.63) is 53.1 Å². The molecule has 0 heterocycles. The molecule has 7 nitrogen and oxygen atoms in total. The van der Waals surface area contributed by atoms with Gasteiger partial charge < -0.3 is 15.8 Å². The quantitative estimate of drug-likeness (QED) is 0.487. The van der Waals surface area contributed by atoms with E-state index in [1.54, 1.807) is 63.2 Å². The molecule has 0 atom stereocenters. The van der Waals surface area contributed by atoms with Crippen molar-refractivity contribution >= 4 is 33.3 Å². The topological polar surface area (TPSA) is 106 Å². The molecule has 0 saturated carbocycles. The van der Waals surface area contributed by atoms with E-state index in [0.717, 1.165) is 0 Å². The second kappa shape index (κ2) is 8.81. The third kappa shape index (κ3) is 6.12. The maximum atomic E-state index is 12.7. The third-order valence-corrected chi connectivity index (χ3v) is 5.70. The van der Waals surface area contributed by atoms with Crippen molar-refractivity contribution in [3.63, 3.8) is 0 Å². The molecule has 0 amide bonds. The monoisotopic (exact) mass is 424 g/mol. The van der Waals surface area contributed by atoms with Gasteiger partial charge >= 0.3 is 0 Å². The van der Waals surface area contributed by atoms with Gasteiger partial charge in [0.15, 0.2) is 5.96 Å². The third-order valence-electron chi connectivity index (χ3n) is 3.55. The van der Waals surface area contributed by atoms with Crippen LogP contribution in [0.5, 0.6) is 5.75 Å². The number of nitrogens with two attached hydrogens (primary N) is 1. The minimum Gasteiger partial charge on any atom is -0.495 e. The predicted octanol–water partition coefficient (Wildman–Crippen LogP) is 3.35. The number of nitrogens with zero attached hydrogens (tertiary/aromatic N) is 1. The smallest absolute Gasteiger partial charge is 0.241 e. The van der Waals surface area contributed by atoms with Gasteiger partial charge in [0.25, 0.3) is 0 Å². The van der Waals surface area contributed by atoms with Crippen LogP contribution < -0.4 is 20.5 Å². The van der Waals surface area contributed by atoms with Crippen LogP contribution in [0.1, 0.15) is 26.3 Å². The summed E-state index contributed by atoms with van der Waals surface area (Å²) in [6.45, 7) is 5.46. The summed E-state index contributed by atoms with van der Waals surface area (Å²) in [5, 5.41) is 3.36. The van der Waals surface area contributed by atoms with Gasteiger partial charge in [0, 0.05) is 11.2 Å². The number of hydrogen-bond donors (Lipinski definition) is 3. The molecule has 9 heteroatoms. The van der Waals surface area contributed by atoms with Gasteiger partial charge in [-0.1, -0.05) is 29.8 Å². The van der Waals surface area contributed by atoms with Gasteiger partial charge in [0.1, 0.15) is 5.75 Å². The Labute approximate surface area is 171 Å². The number of sulfonamides is 1. The molecule has 0 spiro atoms. The number of halogens is 1. The fourth-order valence-corrected chi connectivity index (χ4v) is 4.37. The SMILES string of the molecule is COc1ccc(NC(N)=NCc2ccccc2S(=O)(=O)NC(C)(C)C)cc1Cl. The summed E-state index contributed by atoms with van der Waals surface area (Å²) in [5.74, 6) is 0.686. The van der Waals surface area contributed by atoms with Crippen LogP contribution in [0.15, 0.2) is 52.4 Å². The summed E-state index contributed by atoms with van der Waals surface area (Å²) < 4.78 is 33.1. The number of guanidine groups is 1. The second-order valence-electron chi connectivity index (χ2n) is 7.14. The summed E-state index contributed by atoms with van der Waals surface area (Å²) in [6.07, 6.45) is 0. The lowest BCUT2D eigenvalue weighted by molar-refractivity contribution is 0.415. The van der Waals surface area contributed by atoms with Crippen LogP contribution in [0.4, 0.5) is 5.69 Å². The molecule has 2 aromatic rings. The van der Waals surface area contributed by atoms with Crippen LogP contribution >= 0.6 is 11.6 Å². The molecular formula is C19H25ClN4O3S. The Hall–Kier alpha value is -2.29. The van der Waals surface area contributed by atoms with Crippen molar-refractivity contribution in [3.8, 4) is 5.75 Å². The highest BCUT2D eigenvalue weighted by molar-refractivity contribution is 7.89. The van der Waals surface area contributed by atoms with Crippen LogP contribution in [0.2, 0.25) is 5.02 Å². The van der Waals surface area contributed by atoms with Gasteiger partial charge in [0.2, 0.25) is 10.0 Å². The van der Waals surface area contributed by atoms with E-state index in [2.05, 4.69) is 15.0 Å². The molecule has 152 valence electrons. The first-order valence-electron chi connectivity index (χ1n) is 8.54. The molecular weight excluding hydrogens is 400 g/mol. The molecule has 2 rings (SSSR count). The molecule has 0 bridgehead atoms. The van der Waals surface area contributed by atoms with E-state index in [-0.39, 0.29) is 17.4 Å². The first-order valence-corrected chi connectivity index (χ1v) is 10.4. The van der Waals surface area contributed by atoms with E-state index in [1.165, 1.54) is 7.11 Å². The van der Waals surface area contributed by atoms with Crippen molar-refractivity contribution in [1.29, 1.82) is 0 Å². The highest BCUT2D eigenvalue weighted by Gasteiger charge is 2.24. The molecule has 0 aliphatic carbocycles. The van der Waals surface area contributed by atoms with Gasteiger partial charge in [-0.05, 0) is 50.6 Å². The maximum Gasteiger partial charge on any atom is 0.241 e. The molecule has 0 aliphatic rings. The van der Waals surface area contributed by atoms with Crippen molar-refractivity contribution in [2.45, 2.75) is 37.8 Å². The van der Waals surface area contributed by atoms with Crippen molar-refractivity contribution < 1.29 is 13.2 Å². The minimum atomic E-state index is -3.68. The number of ether oxygens (including phenoxy) is 1. The molecule has 4 N–H and O–H groups in total. The van der Waals surface area contributed by atoms with E-state index in [4.69, 9.17) is 22.1 Å². The lowest BCUT2D eigenvalue weighted by atomic mass is 10.1. The number of aliphatic imine (C=N–C) groups is 1. The largest absolute Gasteiger partial charge is 0.495 e. The van der Waals surface area contributed by atoms with E-state index in [9.17, 15) is 8.42 Å². The molecule has 0 fully saturated rings. The Morgan fingerprint density at radius 2 is 1.89 bits per heavy atom. The fourth-order valence-electron chi connectivity index (χ4n) is 2.46. The normalized spacial score (nSPS) is 12.7. The molecule has 0 aliphatic heterocycles. The minimum absolute atomic E-state index is 0.101. The average molecular weight is 425 g/mol. The van der Waals surface area contributed by atoms with Crippen LogP contribution in [0, 0.1) is 0 Å². The standard InChI is InChI=1S/C19H25ClN4O3S/c1-19(2,3)24-28(25,26)17-8-6-5-7-13(17)12-22-18(21)23-14-9-10-16(27-4)15(20)11-14/h5-11,24H,12H2,1-4H3,(H3,21,22,23). The van der Waals surface area contributed by atoms with Crippen LogP contribution in [-0.2, 0) is 16.6 Å². The van der Waals surface area contributed by atoms with Gasteiger partial charge in [-0.3, -0.25) is 0 Å². The van der Waals surface area contributed by atoms with Crippen molar-refractivity contribution in [2.24, 2.45) is 10.7 Å². The average Bonchev–Trinajstić information content (AvgIpc) is 2.58. The van der Waals surface area contributed by atoms with E-state index >= 15 is 0 Å². The number of anilines is 1. The summed E-state index contributed by atoms with van der Waals surface area (Å²) >= 11 is 6.09. The molecule has 0 radical (unpaired) electrons. The summed E-state index contributed by atoms with van der Waals surface area (Å²) in [6, 6.07) is 11.8. The zero-order valence-corrected chi connectivity index (χ0v) is 17.9. The van der Waals surface area contributed by atoms with Gasteiger partial charge in [0.05, 0.1) is 23.6 Å². The van der Waals surface area contributed by atoms with Crippen LogP contribution in [-0.4, -0.2) is 27.0 Å². The fraction of sp³-hybridized carbons (Fsp3) is 0.316. The Kier molecular flexibility index (Phi) is 6.92. The van der Waals surface area contributed by atoms with Crippen LogP contribution in [0.3, 0.4) is 0 Å². The number of methoxy groups -OCH3 is 1. The van der Waals surface area contributed by atoms with E-state index in [0.29, 0.717) is 22.0 Å². The van der Waals surface area contributed by atoms with Crippen molar-refractivity contribution in [1.82, 2.24) is 4.72 Å². The lowest BCUT2D eigenvalue weighted by Gasteiger charge is -2.21. The maximum absolute atomic E-state index is 12.7. The lowest BCUT2D eigenvalue weighted by Crippen LogP contribution is -2.40. The molecule has 0 saturated heterocycles. The van der Waals surface area contributed by atoms with Crippen molar-refractivity contribution in [2.75, 3.05) is 12.4 Å². The number of nitrogens with one attached hydrogen (secondary N) is 2. The molecule has 0 aromatic heterocycles. The molecule has 28 heavy (non-hydrogen) atoms. The van der Waals surface area contributed by atoms with E-state index in [1.807, 2.05) is 0 Å². The Balaban J connectivity index is 2.19. The Morgan fingerprint density at radius 3 is 2.50 bits per heavy atom. The second-order valence-corrected chi connectivity index (χ2v) is 9.20. The zero-order valence-electron chi connectivity index (χ0n) is 16.3. The van der Waals surface area contributed by atoms with Gasteiger partial charge in [-0.2, -0.15) is 0 Å². The summed E-state index contributed by atoms with van der Waals surface area (Å²) in [5.41, 5.74) is 6.52. The Morgan fingerprint density at radius 1 is 1.21 bits per heavy atom. The first-order chi connectivity index (χ1) is 13.0. The molecule has 0 unspecified atom stereocenters. The first kappa shape index (κ1) is 22.0. The number of benzene rings is 2. The highest BCUT2D eigenvalue weighted by atomic mass is 35.5. The van der Waals surface area contributed by atoms with Crippen LogP contribution in [0.25, 0.3) is 0 Å². The van der Waals surface area contributed by atoms with E-state index < -0.39 is 15.6 Å². The highest BCUT2D eigenvalue weighted by Crippen LogP contribution is 2.27. The predicted molar refractivity (Wildman–Crippen MR) is 113 cm³/mol. The summed E-state index contributed by atoms with van der Waals surface area (Å²) in [4.78, 5) is 4.42. The number of rotatable bonds is 6. The van der Waals surface area contributed by atoms with Gasteiger partial charge in [-0.15, -0.1) is 0 Å². The molecule has 2 aromatic carbocycles. The zero-order chi connectivity index (χ0) is 20.9. The van der Waals surface area contributed by atoms with Gasteiger partial charge in [-0.25, -0.2) is 18.1 Å². The number of hydrogen-bond acceptors (Lipinski definition) is 4. The summed E-state index contributed by atoms with van der Waals surface area (Å²) in [7, 11) is -2.15. The Bertz CT molecular complexity index is 969.